The zero-order valence-corrected chi connectivity index (χ0v) is 18.5. The molecular weight excluding hydrogens is 450 g/mol. The van der Waals surface area contributed by atoms with Crippen molar-refractivity contribution in [2.24, 2.45) is 0 Å². The first kappa shape index (κ1) is 21.1. The van der Waals surface area contributed by atoms with Crippen LogP contribution in [0.5, 0.6) is 11.5 Å². The predicted octanol–water partition coefficient (Wildman–Crippen LogP) is 1.56. The summed E-state index contributed by atoms with van der Waals surface area (Å²) in [6.45, 7) is 1.89. The fourth-order valence-corrected chi connectivity index (χ4v) is 4.68. The number of thiophene rings is 1. The zero-order valence-electron chi connectivity index (χ0n) is 17.7. The molecule has 11 nitrogen and oxygen atoms in total. The fraction of sp³-hybridized carbons (Fsp3) is 0.286. The van der Waals surface area contributed by atoms with Crippen LogP contribution in [0.25, 0.3) is 10.2 Å². The molecule has 0 radical (unpaired) electrons. The van der Waals surface area contributed by atoms with Crippen molar-refractivity contribution in [3.05, 3.63) is 62.6 Å². The summed E-state index contributed by atoms with van der Waals surface area (Å²) in [6.07, 6.45) is 0.635. The molecule has 2 N–H and O–H groups in total. The number of aryl methyl sites for hydroxylation is 1. The maximum absolute atomic E-state index is 13.0. The van der Waals surface area contributed by atoms with E-state index in [0.717, 1.165) is 0 Å². The van der Waals surface area contributed by atoms with Gasteiger partial charge in [0.25, 0.3) is 11.5 Å². The number of ether oxygens (including phenoxy) is 2. The first-order valence-corrected chi connectivity index (χ1v) is 10.9. The van der Waals surface area contributed by atoms with E-state index >= 15 is 0 Å². The lowest BCUT2D eigenvalue weighted by atomic mass is 10.1. The molecule has 1 aliphatic heterocycles. The van der Waals surface area contributed by atoms with Crippen molar-refractivity contribution in [3.8, 4) is 11.5 Å². The number of hydrogen-bond donors (Lipinski definition) is 2. The van der Waals surface area contributed by atoms with Gasteiger partial charge in [-0.05, 0) is 30.2 Å². The molecule has 0 saturated carbocycles. The Morgan fingerprint density at radius 1 is 1.33 bits per heavy atom. The number of nitrogens with zero attached hydrogens (tertiary/aromatic N) is 4. The molecule has 1 atom stereocenters. The number of amides is 1. The van der Waals surface area contributed by atoms with Crippen LogP contribution in [0, 0.1) is 6.92 Å². The van der Waals surface area contributed by atoms with Crippen LogP contribution in [0.4, 0.5) is 0 Å². The molecule has 1 aliphatic rings. The quantitative estimate of drug-likeness (QED) is 0.430. The normalized spacial score (nSPS) is 13.4. The molecule has 12 heteroatoms. The van der Waals surface area contributed by atoms with Gasteiger partial charge in [-0.1, -0.05) is 11.2 Å². The number of aromatic nitrogens is 4. The van der Waals surface area contributed by atoms with E-state index in [1.807, 2.05) is 0 Å². The van der Waals surface area contributed by atoms with Crippen LogP contribution in [0.2, 0.25) is 0 Å². The molecule has 0 spiro atoms. The molecule has 0 unspecified atom stereocenters. The molecule has 0 fully saturated rings. The highest BCUT2D eigenvalue weighted by atomic mass is 32.1. The predicted molar refractivity (Wildman–Crippen MR) is 117 cm³/mol. The number of benzene rings is 1. The van der Waals surface area contributed by atoms with Crippen molar-refractivity contribution >= 4 is 27.5 Å². The van der Waals surface area contributed by atoms with Gasteiger partial charge in [0, 0.05) is 13.5 Å². The smallest absolute Gasteiger partial charge is 0.262 e. The number of hydrogen-bond acceptors (Lipinski definition) is 10. The van der Waals surface area contributed by atoms with Gasteiger partial charge in [0.15, 0.2) is 17.3 Å². The molecule has 0 bridgehead atoms. The number of carbonyl (C=O) groups is 1. The van der Waals surface area contributed by atoms with Crippen molar-refractivity contribution in [2.45, 2.75) is 26.0 Å². The molecule has 170 valence electrons. The highest BCUT2D eigenvalue weighted by Crippen LogP contribution is 2.34. The molecule has 4 aromatic rings. The number of rotatable bonds is 6. The standard InChI is InChI=1S/C21H19N5O6S/c1-10-17-20(33-18(10)19(28)22-2)23-8-26(21(17)29)7-16-24-15(25-32-16)6-12(27)11-3-4-13-14(5-11)31-9-30-13/h3-5,8,12,27H,6-7,9H2,1-2H3,(H,22,28)/t12-/m0/s1. The number of carbonyl (C=O) groups excluding carboxylic acids is 1. The van der Waals surface area contributed by atoms with Gasteiger partial charge in [0.2, 0.25) is 12.7 Å². The molecule has 4 heterocycles. The summed E-state index contributed by atoms with van der Waals surface area (Å²) < 4.78 is 17.2. The van der Waals surface area contributed by atoms with Crippen molar-refractivity contribution in [3.63, 3.8) is 0 Å². The highest BCUT2D eigenvalue weighted by molar-refractivity contribution is 7.20. The molecule has 0 saturated heterocycles. The summed E-state index contributed by atoms with van der Waals surface area (Å²) in [5.74, 6) is 1.44. The summed E-state index contributed by atoms with van der Waals surface area (Å²) >= 11 is 1.17. The summed E-state index contributed by atoms with van der Waals surface area (Å²) in [5.41, 5.74) is 0.916. The first-order valence-electron chi connectivity index (χ1n) is 10.0. The van der Waals surface area contributed by atoms with Crippen molar-refractivity contribution < 1.29 is 23.9 Å². The summed E-state index contributed by atoms with van der Waals surface area (Å²) in [6, 6.07) is 5.20. The molecule has 33 heavy (non-hydrogen) atoms. The average molecular weight is 469 g/mol. The lowest BCUT2D eigenvalue weighted by Crippen LogP contribution is -2.22. The van der Waals surface area contributed by atoms with Crippen LogP contribution in [-0.2, 0) is 13.0 Å². The van der Waals surface area contributed by atoms with Gasteiger partial charge in [-0.3, -0.25) is 14.2 Å². The SMILES string of the molecule is CNC(=O)c1sc2ncn(Cc3nc(C[C@H](O)c4ccc5c(c4)OCO5)no3)c(=O)c2c1C. The monoisotopic (exact) mass is 469 g/mol. The van der Waals surface area contributed by atoms with Crippen LogP contribution in [0.15, 0.2) is 33.8 Å². The second-order valence-corrected chi connectivity index (χ2v) is 8.43. The maximum atomic E-state index is 13.0. The lowest BCUT2D eigenvalue weighted by Gasteiger charge is -2.09. The Kier molecular flexibility index (Phi) is 5.30. The Balaban J connectivity index is 1.34. The minimum atomic E-state index is -0.873. The van der Waals surface area contributed by atoms with E-state index in [1.165, 1.54) is 29.3 Å². The third-order valence-corrected chi connectivity index (χ3v) is 6.52. The van der Waals surface area contributed by atoms with Crippen LogP contribution in [0.1, 0.15) is 38.6 Å². The van der Waals surface area contributed by atoms with E-state index < -0.39 is 6.10 Å². The Hall–Kier alpha value is -3.77. The van der Waals surface area contributed by atoms with Crippen molar-refractivity contribution in [1.29, 1.82) is 0 Å². The molecule has 1 aromatic carbocycles. The summed E-state index contributed by atoms with van der Waals surface area (Å²) in [4.78, 5) is 34.6. The average Bonchev–Trinajstić information content (AvgIpc) is 3.54. The zero-order chi connectivity index (χ0) is 23.1. The molecule has 3 aromatic heterocycles. The van der Waals surface area contributed by atoms with E-state index in [1.54, 1.807) is 25.1 Å². The second-order valence-electron chi connectivity index (χ2n) is 7.43. The first-order chi connectivity index (χ1) is 15.9. The summed E-state index contributed by atoms with van der Waals surface area (Å²) in [7, 11) is 1.54. The van der Waals surface area contributed by atoms with Crippen molar-refractivity contribution in [2.75, 3.05) is 13.8 Å². The van der Waals surface area contributed by atoms with Gasteiger partial charge in [-0.25, -0.2) is 4.98 Å². The minimum Gasteiger partial charge on any atom is -0.454 e. The number of nitrogens with one attached hydrogen (secondary N) is 1. The van der Waals surface area contributed by atoms with E-state index in [2.05, 4.69) is 20.4 Å². The minimum absolute atomic E-state index is 0.0134. The maximum Gasteiger partial charge on any atom is 0.262 e. The van der Waals surface area contributed by atoms with Crippen LogP contribution in [-0.4, -0.2) is 44.5 Å². The molecular formula is C21H19N5O6S. The van der Waals surface area contributed by atoms with E-state index in [0.29, 0.717) is 43.5 Å². The lowest BCUT2D eigenvalue weighted by molar-refractivity contribution is 0.0966. The Morgan fingerprint density at radius 2 is 2.15 bits per heavy atom. The largest absolute Gasteiger partial charge is 0.454 e. The van der Waals surface area contributed by atoms with Crippen molar-refractivity contribution in [1.82, 2.24) is 25.0 Å². The number of aliphatic hydroxyl groups excluding tert-OH is 1. The highest BCUT2D eigenvalue weighted by Gasteiger charge is 2.21. The van der Waals surface area contributed by atoms with Gasteiger partial charge < -0.3 is 24.4 Å². The van der Waals surface area contributed by atoms with Gasteiger partial charge in [-0.2, -0.15) is 4.98 Å². The topological polar surface area (TPSA) is 142 Å². The van der Waals surface area contributed by atoms with E-state index in [-0.39, 0.29) is 37.1 Å². The molecule has 5 rings (SSSR count). The molecule has 0 aliphatic carbocycles. The van der Waals surface area contributed by atoms with Crippen LogP contribution >= 0.6 is 11.3 Å². The Morgan fingerprint density at radius 3 is 2.97 bits per heavy atom. The fourth-order valence-electron chi connectivity index (χ4n) is 3.60. The number of fused-ring (bicyclic) bond motifs is 2. The second kappa shape index (κ2) is 8.30. The summed E-state index contributed by atoms with van der Waals surface area (Å²) in [5, 5.41) is 17.4. The van der Waals surface area contributed by atoms with E-state index in [4.69, 9.17) is 14.0 Å². The number of aliphatic hydroxyl groups is 1. The Labute approximate surface area is 190 Å². The van der Waals surface area contributed by atoms with Gasteiger partial charge >= 0.3 is 0 Å². The van der Waals surface area contributed by atoms with Gasteiger partial charge in [-0.15, -0.1) is 11.3 Å². The third kappa shape index (κ3) is 3.83. The van der Waals surface area contributed by atoms with Gasteiger partial charge in [0.05, 0.1) is 22.7 Å². The van der Waals surface area contributed by atoms with E-state index in [9.17, 15) is 14.7 Å². The third-order valence-electron chi connectivity index (χ3n) is 5.32. The van der Waals surface area contributed by atoms with Crippen LogP contribution < -0.4 is 20.3 Å². The molecule has 1 amide bonds. The van der Waals surface area contributed by atoms with Crippen LogP contribution in [0.3, 0.4) is 0 Å². The Bertz CT molecular complexity index is 1420. The van der Waals surface area contributed by atoms with Gasteiger partial charge in [0.1, 0.15) is 11.4 Å².